The first-order valence-electron chi connectivity index (χ1n) is 8.14. The molecular formula is C17H20ClNO5. The lowest BCUT2D eigenvalue weighted by Gasteiger charge is -2.25. The first-order valence-corrected chi connectivity index (χ1v) is 8.52. The molecule has 2 aliphatic rings. The summed E-state index contributed by atoms with van der Waals surface area (Å²) in [7, 11) is 0. The highest BCUT2D eigenvalue weighted by atomic mass is 35.5. The summed E-state index contributed by atoms with van der Waals surface area (Å²) >= 11 is 6.01. The van der Waals surface area contributed by atoms with Crippen molar-refractivity contribution in [3.8, 4) is 5.75 Å². The van der Waals surface area contributed by atoms with Crippen LogP contribution in [0.25, 0.3) is 0 Å². The van der Waals surface area contributed by atoms with Crippen molar-refractivity contribution in [1.29, 1.82) is 0 Å². The zero-order chi connectivity index (χ0) is 17.1. The van der Waals surface area contributed by atoms with E-state index in [1.54, 1.807) is 18.2 Å². The Morgan fingerprint density at radius 1 is 1.25 bits per heavy atom. The topological polar surface area (TPSA) is 84.9 Å². The van der Waals surface area contributed by atoms with Gasteiger partial charge in [0.05, 0.1) is 12.3 Å². The first kappa shape index (κ1) is 17.0. The monoisotopic (exact) mass is 353 g/mol. The maximum absolute atomic E-state index is 12.3. The molecule has 1 aliphatic carbocycles. The van der Waals surface area contributed by atoms with E-state index in [1.807, 2.05) is 0 Å². The van der Waals surface area contributed by atoms with E-state index in [0.29, 0.717) is 41.8 Å². The smallest absolute Gasteiger partial charge is 0.332 e. The highest BCUT2D eigenvalue weighted by Crippen LogP contribution is 2.32. The summed E-state index contributed by atoms with van der Waals surface area (Å²) in [5.74, 6) is -0.293. The van der Waals surface area contributed by atoms with Crippen LogP contribution >= 0.6 is 11.6 Å². The van der Waals surface area contributed by atoms with Gasteiger partial charge in [-0.25, -0.2) is 4.79 Å². The predicted octanol–water partition coefficient (Wildman–Crippen LogP) is 3.09. The van der Waals surface area contributed by atoms with Crippen LogP contribution in [0.15, 0.2) is 18.2 Å². The maximum atomic E-state index is 12.3. The molecule has 1 heterocycles. The molecular weight excluding hydrogens is 334 g/mol. The fourth-order valence-electron chi connectivity index (χ4n) is 2.82. The van der Waals surface area contributed by atoms with Crippen LogP contribution in [0, 0.1) is 5.92 Å². The molecule has 130 valence electrons. The average Bonchev–Trinajstić information content (AvgIpc) is 2.98. The maximum Gasteiger partial charge on any atom is 0.332 e. The Labute approximate surface area is 145 Å². The van der Waals surface area contributed by atoms with Crippen LogP contribution in [0.4, 0.5) is 5.69 Å². The Kier molecular flexibility index (Phi) is 5.26. The lowest BCUT2D eigenvalue weighted by atomic mass is 9.86. The van der Waals surface area contributed by atoms with Crippen molar-refractivity contribution in [1.82, 2.24) is 0 Å². The minimum absolute atomic E-state index is 0.327. The standard InChI is InChI=1S/C17H20ClNO5/c18-11-4-5-13(23-9-10-2-1-3-10)12(8-11)19-16(20)14-6-7-15(24-14)17(21)22/h4-5,8,10,14-15H,1-3,6-7,9H2,(H,19,20)(H,21,22)/t14-,15+/m0/s1. The molecule has 0 spiro atoms. The molecule has 1 saturated carbocycles. The van der Waals surface area contributed by atoms with Crippen LogP contribution in [0.1, 0.15) is 32.1 Å². The molecule has 0 aromatic heterocycles. The summed E-state index contributed by atoms with van der Waals surface area (Å²) in [6.45, 7) is 0.617. The quantitative estimate of drug-likeness (QED) is 0.820. The van der Waals surface area contributed by atoms with E-state index < -0.39 is 18.2 Å². The zero-order valence-electron chi connectivity index (χ0n) is 13.2. The van der Waals surface area contributed by atoms with Crippen molar-refractivity contribution in [2.24, 2.45) is 5.92 Å². The number of hydrogen-bond donors (Lipinski definition) is 2. The number of carboxylic acids is 1. The van der Waals surface area contributed by atoms with Crippen molar-refractivity contribution in [2.45, 2.75) is 44.3 Å². The Balaban J connectivity index is 1.63. The first-order chi connectivity index (χ1) is 11.5. The van der Waals surface area contributed by atoms with E-state index in [-0.39, 0.29) is 5.91 Å². The minimum Gasteiger partial charge on any atom is -0.491 e. The average molecular weight is 354 g/mol. The molecule has 24 heavy (non-hydrogen) atoms. The molecule has 6 nitrogen and oxygen atoms in total. The fraction of sp³-hybridized carbons (Fsp3) is 0.529. The highest BCUT2D eigenvalue weighted by molar-refractivity contribution is 6.31. The third kappa shape index (κ3) is 3.99. The van der Waals surface area contributed by atoms with Gasteiger partial charge in [0.2, 0.25) is 0 Å². The molecule has 1 aromatic carbocycles. The lowest BCUT2D eigenvalue weighted by molar-refractivity contribution is -0.150. The van der Waals surface area contributed by atoms with Gasteiger partial charge in [0.1, 0.15) is 11.9 Å². The SMILES string of the molecule is O=C(Nc1cc(Cl)ccc1OCC1CCC1)[C@@H]1CC[C@H](C(=O)O)O1. The van der Waals surface area contributed by atoms with Crippen molar-refractivity contribution >= 4 is 29.2 Å². The number of amides is 1. The second-order valence-corrected chi connectivity index (χ2v) is 6.70. The number of aliphatic carboxylic acids is 1. The molecule has 0 radical (unpaired) electrons. The molecule has 0 unspecified atom stereocenters. The van der Waals surface area contributed by atoms with Gasteiger partial charge in [-0.15, -0.1) is 0 Å². The third-order valence-corrected chi connectivity index (χ3v) is 4.72. The molecule has 3 rings (SSSR count). The van der Waals surface area contributed by atoms with Crippen molar-refractivity contribution in [2.75, 3.05) is 11.9 Å². The summed E-state index contributed by atoms with van der Waals surface area (Å²) < 4.78 is 11.1. The van der Waals surface area contributed by atoms with Crippen LogP contribution in [0.3, 0.4) is 0 Å². The molecule has 1 aliphatic heterocycles. The number of halogens is 1. The van der Waals surface area contributed by atoms with Crippen LogP contribution in [-0.4, -0.2) is 35.8 Å². The number of nitrogens with one attached hydrogen (secondary N) is 1. The van der Waals surface area contributed by atoms with Crippen molar-refractivity contribution in [3.05, 3.63) is 23.2 Å². The van der Waals surface area contributed by atoms with E-state index in [4.69, 9.17) is 26.2 Å². The number of ether oxygens (including phenoxy) is 2. The van der Waals surface area contributed by atoms with E-state index in [1.165, 1.54) is 19.3 Å². The number of carbonyl (C=O) groups is 2. The molecule has 1 saturated heterocycles. The van der Waals surface area contributed by atoms with Gasteiger partial charge in [-0.05, 0) is 49.8 Å². The Morgan fingerprint density at radius 2 is 2.00 bits per heavy atom. The number of carbonyl (C=O) groups excluding carboxylic acids is 1. The van der Waals surface area contributed by atoms with Gasteiger partial charge in [-0.3, -0.25) is 4.79 Å². The van der Waals surface area contributed by atoms with Gasteiger partial charge in [-0.2, -0.15) is 0 Å². The summed E-state index contributed by atoms with van der Waals surface area (Å²) in [6.07, 6.45) is 2.58. The summed E-state index contributed by atoms with van der Waals surface area (Å²) in [6, 6.07) is 5.06. The van der Waals surface area contributed by atoms with E-state index in [9.17, 15) is 9.59 Å². The van der Waals surface area contributed by atoms with Gasteiger partial charge in [0, 0.05) is 5.02 Å². The van der Waals surface area contributed by atoms with Gasteiger partial charge in [-0.1, -0.05) is 18.0 Å². The van der Waals surface area contributed by atoms with E-state index in [0.717, 1.165) is 0 Å². The van der Waals surface area contributed by atoms with Gasteiger partial charge < -0.3 is 19.9 Å². The molecule has 1 aromatic rings. The highest BCUT2D eigenvalue weighted by Gasteiger charge is 2.35. The Morgan fingerprint density at radius 3 is 2.62 bits per heavy atom. The number of carboxylic acid groups (broad SMARTS) is 1. The minimum atomic E-state index is -1.04. The van der Waals surface area contributed by atoms with E-state index >= 15 is 0 Å². The molecule has 7 heteroatoms. The van der Waals surface area contributed by atoms with Gasteiger partial charge in [0.15, 0.2) is 6.10 Å². The fourth-order valence-corrected chi connectivity index (χ4v) is 2.99. The lowest BCUT2D eigenvalue weighted by Crippen LogP contribution is -2.30. The van der Waals surface area contributed by atoms with Gasteiger partial charge >= 0.3 is 5.97 Å². The second-order valence-electron chi connectivity index (χ2n) is 6.27. The van der Waals surface area contributed by atoms with Crippen molar-refractivity contribution in [3.63, 3.8) is 0 Å². The summed E-state index contributed by atoms with van der Waals surface area (Å²) in [5.41, 5.74) is 0.481. The Bertz CT molecular complexity index is 631. The Hall–Kier alpha value is -1.79. The molecule has 0 bridgehead atoms. The number of hydrogen-bond acceptors (Lipinski definition) is 4. The summed E-state index contributed by atoms with van der Waals surface area (Å²) in [5, 5.41) is 12.2. The zero-order valence-corrected chi connectivity index (χ0v) is 13.9. The van der Waals surface area contributed by atoms with Crippen LogP contribution in [0.2, 0.25) is 5.02 Å². The number of benzene rings is 1. The second kappa shape index (κ2) is 7.40. The molecule has 1 amide bonds. The number of rotatable bonds is 6. The largest absolute Gasteiger partial charge is 0.491 e. The summed E-state index contributed by atoms with van der Waals surface area (Å²) in [4.78, 5) is 23.2. The van der Waals surface area contributed by atoms with Crippen molar-refractivity contribution < 1.29 is 24.2 Å². The predicted molar refractivity (Wildman–Crippen MR) is 88.4 cm³/mol. The molecule has 2 N–H and O–H groups in total. The third-order valence-electron chi connectivity index (χ3n) is 4.49. The normalized spacial score (nSPS) is 23.5. The van der Waals surface area contributed by atoms with Crippen LogP contribution < -0.4 is 10.1 Å². The molecule has 2 fully saturated rings. The van der Waals surface area contributed by atoms with Gasteiger partial charge in [0.25, 0.3) is 5.91 Å². The van der Waals surface area contributed by atoms with Crippen LogP contribution in [0.5, 0.6) is 5.75 Å². The molecule has 2 atom stereocenters. The number of anilines is 1. The van der Waals surface area contributed by atoms with E-state index in [2.05, 4.69) is 5.32 Å². The van der Waals surface area contributed by atoms with Crippen LogP contribution in [-0.2, 0) is 14.3 Å².